The van der Waals surface area contributed by atoms with Gasteiger partial charge in [-0.3, -0.25) is 4.79 Å². The molecule has 0 aromatic carbocycles. The van der Waals surface area contributed by atoms with Gasteiger partial charge in [-0.1, -0.05) is 13.3 Å². The predicted octanol–water partition coefficient (Wildman–Crippen LogP) is 1.23. The maximum absolute atomic E-state index is 10.7. The van der Waals surface area contributed by atoms with Crippen molar-refractivity contribution in [2.75, 3.05) is 7.11 Å². The largest absolute Gasteiger partial charge is 0.377 e. The number of nitrogens with two attached hydrogens (primary N) is 1. The van der Waals surface area contributed by atoms with Gasteiger partial charge in [0.25, 0.3) is 0 Å². The third-order valence-corrected chi connectivity index (χ3v) is 1.70. The summed E-state index contributed by atoms with van der Waals surface area (Å²) in [7, 11) is 1.63. The van der Waals surface area contributed by atoms with Crippen LogP contribution in [-0.4, -0.2) is 19.1 Å². The zero-order valence-electron chi connectivity index (χ0n) is 7.96. The lowest BCUT2D eigenvalue weighted by Gasteiger charge is -2.09. The van der Waals surface area contributed by atoms with Gasteiger partial charge in [0.05, 0.1) is 6.10 Å². The number of rotatable bonds is 5. The summed E-state index contributed by atoms with van der Waals surface area (Å²) in [6.07, 6.45) is 3.73. The van der Waals surface area contributed by atoms with Crippen LogP contribution in [0.5, 0.6) is 0 Å². The maximum atomic E-state index is 10.7. The lowest BCUT2D eigenvalue weighted by Crippen LogP contribution is -2.15. The molecule has 0 heterocycles. The third kappa shape index (κ3) is 4.13. The molecule has 1 atom stereocenters. The Labute approximate surface area is 73.6 Å². The molecule has 70 valence electrons. The molecular formula is C9H17NO2. The number of methoxy groups -OCH3 is 1. The van der Waals surface area contributed by atoms with Gasteiger partial charge in [-0.05, 0) is 19.4 Å². The average molecular weight is 171 g/mol. The molecule has 0 bridgehead atoms. The molecular weight excluding hydrogens is 154 g/mol. The van der Waals surface area contributed by atoms with E-state index in [2.05, 4.69) is 6.92 Å². The van der Waals surface area contributed by atoms with Crippen LogP contribution in [0.2, 0.25) is 0 Å². The highest BCUT2D eigenvalue weighted by atomic mass is 16.5. The van der Waals surface area contributed by atoms with Crippen molar-refractivity contribution in [3.05, 3.63) is 11.6 Å². The Morgan fingerprint density at radius 1 is 1.67 bits per heavy atom. The van der Waals surface area contributed by atoms with E-state index in [0.717, 1.165) is 12.8 Å². The molecule has 0 aromatic heterocycles. The summed E-state index contributed by atoms with van der Waals surface area (Å²) in [6, 6.07) is 0. The molecule has 0 rings (SSSR count). The molecule has 0 radical (unpaired) electrons. The molecule has 3 heteroatoms. The van der Waals surface area contributed by atoms with Gasteiger partial charge in [0.2, 0.25) is 5.91 Å². The summed E-state index contributed by atoms with van der Waals surface area (Å²) >= 11 is 0. The number of carbonyl (C=O) groups excluding carboxylic acids is 1. The van der Waals surface area contributed by atoms with Crippen molar-refractivity contribution in [3.8, 4) is 0 Å². The van der Waals surface area contributed by atoms with Crippen molar-refractivity contribution in [2.24, 2.45) is 5.73 Å². The van der Waals surface area contributed by atoms with Crippen LogP contribution in [0.15, 0.2) is 11.6 Å². The predicted molar refractivity (Wildman–Crippen MR) is 48.7 cm³/mol. The summed E-state index contributed by atoms with van der Waals surface area (Å²) in [5, 5.41) is 0. The Bertz CT molecular complexity index is 175. The fourth-order valence-corrected chi connectivity index (χ4v) is 0.915. The van der Waals surface area contributed by atoms with Crippen molar-refractivity contribution in [1.29, 1.82) is 0 Å². The molecule has 0 aliphatic carbocycles. The Kier molecular flexibility index (Phi) is 5.37. The summed E-state index contributed by atoms with van der Waals surface area (Å²) in [5.41, 5.74) is 5.64. The van der Waals surface area contributed by atoms with Crippen LogP contribution < -0.4 is 5.73 Å². The summed E-state index contributed by atoms with van der Waals surface area (Å²) in [6.45, 7) is 3.77. The van der Waals surface area contributed by atoms with E-state index in [0.29, 0.717) is 5.57 Å². The Hall–Kier alpha value is -0.830. The monoisotopic (exact) mass is 171 g/mol. The summed E-state index contributed by atoms with van der Waals surface area (Å²) in [4.78, 5) is 10.7. The number of primary amides is 1. The van der Waals surface area contributed by atoms with Gasteiger partial charge in [-0.2, -0.15) is 0 Å². The molecule has 1 unspecified atom stereocenters. The van der Waals surface area contributed by atoms with E-state index in [1.165, 1.54) is 0 Å². The fourth-order valence-electron chi connectivity index (χ4n) is 0.915. The second-order valence-electron chi connectivity index (χ2n) is 2.78. The van der Waals surface area contributed by atoms with Crippen molar-refractivity contribution in [1.82, 2.24) is 0 Å². The number of ether oxygens (including phenoxy) is 1. The van der Waals surface area contributed by atoms with Crippen molar-refractivity contribution >= 4 is 5.91 Å². The van der Waals surface area contributed by atoms with Gasteiger partial charge in [0, 0.05) is 12.7 Å². The normalized spacial score (nSPS) is 14.4. The van der Waals surface area contributed by atoms with E-state index in [1.807, 2.05) is 0 Å². The van der Waals surface area contributed by atoms with Crippen LogP contribution in [0.1, 0.15) is 26.7 Å². The molecule has 0 spiro atoms. The highest BCUT2D eigenvalue weighted by Crippen LogP contribution is 2.05. The van der Waals surface area contributed by atoms with Crippen LogP contribution in [0, 0.1) is 0 Å². The minimum absolute atomic E-state index is 0.0162. The first-order valence-corrected chi connectivity index (χ1v) is 4.12. The zero-order chi connectivity index (χ0) is 9.56. The molecule has 0 fully saturated rings. The topological polar surface area (TPSA) is 52.3 Å². The molecule has 0 aliphatic heterocycles. The minimum Gasteiger partial charge on any atom is -0.377 e. The molecule has 3 nitrogen and oxygen atoms in total. The lowest BCUT2D eigenvalue weighted by atomic mass is 10.1. The molecule has 1 amide bonds. The van der Waals surface area contributed by atoms with E-state index >= 15 is 0 Å². The number of hydrogen-bond acceptors (Lipinski definition) is 2. The number of amides is 1. The van der Waals surface area contributed by atoms with Gasteiger partial charge in [-0.15, -0.1) is 0 Å². The number of carbonyl (C=O) groups is 1. The lowest BCUT2D eigenvalue weighted by molar-refractivity contribution is -0.114. The first-order valence-electron chi connectivity index (χ1n) is 4.12. The molecule has 0 aromatic rings. The first-order chi connectivity index (χ1) is 5.61. The van der Waals surface area contributed by atoms with Crippen LogP contribution in [0.25, 0.3) is 0 Å². The van der Waals surface area contributed by atoms with E-state index in [-0.39, 0.29) is 12.0 Å². The molecule has 2 N–H and O–H groups in total. The Morgan fingerprint density at radius 3 is 2.58 bits per heavy atom. The van der Waals surface area contributed by atoms with Gasteiger partial charge in [0.1, 0.15) is 0 Å². The number of hydrogen-bond donors (Lipinski definition) is 1. The highest BCUT2D eigenvalue weighted by molar-refractivity contribution is 5.91. The molecule has 12 heavy (non-hydrogen) atoms. The van der Waals surface area contributed by atoms with E-state index in [1.54, 1.807) is 20.1 Å². The van der Waals surface area contributed by atoms with Gasteiger partial charge in [0.15, 0.2) is 0 Å². The van der Waals surface area contributed by atoms with E-state index < -0.39 is 0 Å². The maximum Gasteiger partial charge on any atom is 0.244 e. The van der Waals surface area contributed by atoms with E-state index in [9.17, 15) is 4.79 Å². The fraction of sp³-hybridized carbons (Fsp3) is 0.667. The second-order valence-corrected chi connectivity index (χ2v) is 2.78. The molecule has 0 saturated heterocycles. The van der Waals surface area contributed by atoms with Crippen molar-refractivity contribution in [2.45, 2.75) is 32.8 Å². The smallest absolute Gasteiger partial charge is 0.244 e. The van der Waals surface area contributed by atoms with Gasteiger partial charge in [-0.25, -0.2) is 0 Å². The second kappa shape index (κ2) is 5.77. The van der Waals surface area contributed by atoms with Crippen LogP contribution >= 0.6 is 0 Å². The van der Waals surface area contributed by atoms with Crippen LogP contribution in [-0.2, 0) is 9.53 Å². The first kappa shape index (κ1) is 11.2. The summed E-state index contributed by atoms with van der Waals surface area (Å²) in [5.74, 6) is -0.381. The molecule has 0 saturated carbocycles. The highest BCUT2D eigenvalue weighted by Gasteiger charge is 2.04. The van der Waals surface area contributed by atoms with Crippen molar-refractivity contribution in [3.63, 3.8) is 0 Å². The van der Waals surface area contributed by atoms with Crippen LogP contribution in [0.3, 0.4) is 0 Å². The minimum atomic E-state index is -0.381. The van der Waals surface area contributed by atoms with Crippen LogP contribution in [0.4, 0.5) is 0 Å². The van der Waals surface area contributed by atoms with Gasteiger partial charge < -0.3 is 10.5 Å². The third-order valence-electron chi connectivity index (χ3n) is 1.70. The standard InChI is InChI=1S/C9H17NO2/c1-4-5-8(12-3)6-7(2)9(10)11/h6,8H,4-5H2,1-3H3,(H2,10,11)/b7-6+. The zero-order valence-corrected chi connectivity index (χ0v) is 7.96. The Morgan fingerprint density at radius 2 is 2.25 bits per heavy atom. The quantitative estimate of drug-likeness (QED) is 0.632. The Balaban J connectivity index is 4.14. The average Bonchev–Trinajstić information content (AvgIpc) is 2.03. The summed E-state index contributed by atoms with van der Waals surface area (Å²) < 4.78 is 5.13. The van der Waals surface area contributed by atoms with Crippen molar-refractivity contribution < 1.29 is 9.53 Å². The molecule has 0 aliphatic rings. The van der Waals surface area contributed by atoms with Gasteiger partial charge >= 0.3 is 0 Å². The SMILES string of the molecule is CCCC(/C=C(\C)C(N)=O)OC. The van der Waals surface area contributed by atoms with E-state index in [4.69, 9.17) is 10.5 Å².